The number of carbonyl (C=O) groups excluding carboxylic acids is 2. The fourth-order valence-electron chi connectivity index (χ4n) is 5.09. The number of ether oxygens (including phenoxy) is 1. The number of rotatable bonds is 10. The molecule has 1 fully saturated rings. The summed E-state index contributed by atoms with van der Waals surface area (Å²) in [5.74, 6) is -1.96. The molecule has 2 unspecified atom stereocenters. The van der Waals surface area contributed by atoms with Crippen LogP contribution < -0.4 is 10.6 Å². The van der Waals surface area contributed by atoms with E-state index in [1.165, 1.54) is 0 Å². The second kappa shape index (κ2) is 10.9. The first-order valence-electron chi connectivity index (χ1n) is 12.5. The number of alkyl carbamates (subject to hydrolysis) is 1. The zero-order valence-electron chi connectivity index (χ0n) is 20.3. The average molecular weight is 479 g/mol. The van der Waals surface area contributed by atoms with Gasteiger partial charge in [0.2, 0.25) is 5.91 Å². The van der Waals surface area contributed by atoms with Gasteiger partial charge in [-0.25, -0.2) is 4.79 Å². The Balaban J connectivity index is 1.37. The standard InChI is InChI=1S/C28H34N2O5/c1-3-17(2)25(26(31)29-15-23(27(32)33)18-9-8-10-18)30-28(34)35-16-24-21-13-6-4-11-19(21)20-12-5-7-14-22(20)24/h4-7,11-14,17-18,23-25H,3,8-10,15-16H2,1-2H3,(H,29,31)(H,30,34)(H,32,33)/t17?,23?,25-/m0/s1. The first-order valence-corrected chi connectivity index (χ1v) is 12.5. The van der Waals surface area contributed by atoms with Crippen LogP contribution in [-0.4, -0.2) is 42.3 Å². The van der Waals surface area contributed by atoms with Crippen molar-refractivity contribution < 1.29 is 24.2 Å². The highest BCUT2D eigenvalue weighted by Crippen LogP contribution is 2.44. The monoisotopic (exact) mass is 478 g/mol. The highest BCUT2D eigenvalue weighted by atomic mass is 16.5. The quantitative estimate of drug-likeness (QED) is 0.464. The molecule has 1 saturated carbocycles. The third-order valence-electron chi connectivity index (χ3n) is 7.64. The number of carboxylic acid groups (broad SMARTS) is 1. The van der Waals surface area contributed by atoms with E-state index in [9.17, 15) is 19.5 Å². The molecule has 7 heteroatoms. The van der Waals surface area contributed by atoms with Gasteiger partial charge in [-0.05, 0) is 46.9 Å². The minimum atomic E-state index is -0.889. The summed E-state index contributed by atoms with van der Waals surface area (Å²) in [4.78, 5) is 37.3. The van der Waals surface area contributed by atoms with E-state index in [0.29, 0.717) is 6.42 Å². The molecular formula is C28H34N2O5. The highest BCUT2D eigenvalue weighted by Gasteiger charge is 2.35. The zero-order valence-corrected chi connectivity index (χ0v) is 20.3. The lowest BCUT2D eigenvalue weighted by molar-refractivity contribution is -0.145. The Bertz CT molecular complexity index is 1040. The molecule has 3 N–H and O–H groups in total. The summed E-state index contributed by atoms with van der Waals surface area (Å²) < 4.78 is 5.62. The van der Waals surface area contributed by atoms with Gasteiger partial charge in [-0.3, -0.25) is 9.59 Å². The number of benzene rings is 2. The van der Waals surface area contributed by atoms with Crippen molar-refractivity contribution in [3.8, 4) is 11.1 Å². The molecule has 2 aromatic rings. The number of nitrogens with one attached hydrogen (secondary N) is 2. The summed E-state index contributed by atoms with van der Waals surface area (Å²) in [6.07, 6.45) is 2.80. The molecule has 2 aliphatic carbocycles. The van der Waals surface area contributed by atoms with Crippen LogP contribution in [0.2, 0.25) is 0 Å². The van der Waals surface area contributed by atoms with Crippen molar-refractivity contribution in [1.82, 2.24) is 10.6 Å². The summed E-state index contributed by atoms with van der Waals surface area (Å²) in [5.41, 5.74) is 4.53. The summed E-state index contributed by atoms with van der Waals surface area (Å²) in [6, 6.07) is 15.4. The molecule has 0 bridgehead atoms. The summed E-state index contributed by atoms with van der Waals surface area (Å²) in [5, 5.41) is 15.0. The Kier molecular flexibility index (Phi) is 7.73. The molecule has 4 rings (SSSR count). The van der Waals surface area contributed by atoms with Gasteiger partial charge in [-0.15, -0.1) is 0 Å². The van der Waals surface area contributed by atoms with Crippen molar-refractivity contribution in [3.63, 3.8) is 0 Å². The molecule has 0 spiro atoms. The van der Waals surface area contributed by atoms with Gasteiger partial charge >= 0.3 is 12.1 Å². The molecule has 3 atom stereocenters. The van der Waals surface area contributed by atoms with Crippen LogP contribution in [0.4, 0.5) is 4.79 Å². The minimum absolute atomic E-state index is 0.0668. The number of hydrogen-bond acceptors (Lipinski definition) is 4. The van der Waals surface area contributed by atoms with Crippen LogP contribution in [-0.2, 0) is 14.3 Å². The number of amides is 2. The fourth-order valence-corrected chi connectivity index (χ4v) is 5.09. The van der Waals surface area contributed by atoms with Crippen LogP contribution in [0.1, 0.15) is 56.6 Å². The maximum absolute atomic E-state index is 12.9. The van der Waals surface area contributed by atoms with Gasteiger partial charge in [0.25, 0.3) is 0 Å². The van der Waals surface area contributed by atoms with Gasteiger partial charge in [0.05, 0.1) is 5.92 Å². The third kappa shape index (κ3) is 5.34. The summed E-state index contributed by atoms with van der Waals surface area (Å²) in [6.45, 7) is 4.06. The van der Waals surface area contributed by atoms with Crippen molar-refractivity contribution in [1.29, 1.82) is 0 Å². The predicted molar refractivity (Wildman–Crippen MR) is 133 cm³/mol. The number of aliphatic carboxylic acids is 1. The Labute approximate surface area is 206 Å². The summed E-state index contributed by atoms with van der Waals surface area (Å²) in [7, 11) is 0. The number of carboxylic acids is 1. The molecule has 0 heterocycles. The van der Waals surface area contributed by atoms with Crippen LogP contribution in [0.15, 0.2) is 48.5 Å². The Morgan fingerprint density at radius 2 is 1.63 bits per heavy atom. The van der Waals surface area contributed by atoms with Crippen LogP contribution in [0.3, 0.4) is 0 Å². The fraction of sp³-hybridized carbons (Fsp3) is 0.464. The molecular weight excluding hydrogens is 444 g/mol. The molecule has 0 aliphatic heterocycles. The highest BCUT2D eigenvalue weighted by molar-refractivity contribution is 5.86. The number of hydrogen-bond donors (Lipinski definition) is 3. The minimum Gasteiger partial charge on any atom is -0.481 e. The van der Waals surface area contributed by atoms with E-state index in [4.69, 9.17) is 4.74 Å². The molecule has 2 amide bonds. The van der Waals surface area contributed by atoms with Crippen molar-refractivity contribution >= 4 is 18.0 Å². The molecule has 7 nitrogen and oxygen atoms in total. The SMILES string of the molecule is CCC(C)[C@H](NC(=O)OCC1c2ccccc2-c2ccccc21)C(=O)NCC(C(=O)O)C1CCC1. The van der Waals surface area contributed by atoms with Crippen LogP contribution >= 0.6 is 0 Å². The molecule has 2 aliphatic rings. The predicted octanol–water partition coefficient (Wildman–Crippen LogP) is 4.56. The molecule has 35 heavy (non-hydrogen) atoms. The van der Waals surface area contributed by atoms with Gasteiger partial charge < -0.3 is 20.5 Å². The van der Waals surface area contributed by atoms with E-state index in [1.54, 1.807) is 0 Å². The Hall–Kier alpha value is -3.35. The summed E-state index contributed by atoms with van der Waals surface area (Å²) >= 11 is 0. The molecule has 2 aromatic carbocycles. The normalized spacial score (nSPS) is 17.3. The second-order valence-corrected chi connectivity index (χ2v) is 9.71. The van der Waals surface area contributed by atoms with E-state index in [0.717, 1.165) is 41.5 Å². The van der Waals surface area contributed by atoms with E-state index >= 15 is 0 Å². The van der Waals surface area contributed by atoms with E-state index in [2.05, 4.69) is 34.9 Å². The topological polar surface area (TPSA) is 105 Å². The Morgan fingerprint density at radius 1 is 1.03 bits per heavy atom. The number of carbonyl (C=O) groups is 3. The number of fused-ring (bicyclic) bond motifs is 3. The van der Waals surface area contributed by atoms with Gasteiger partial charge in [0.15, 0.2) is 0 Å². The van der Waals surface area contributed by atoms with Crippen molar-refractivity contribution in [2.24, 2.45) is 17.8 Å². The van der Waals surface area contributed by atoms with Crippen LogP contribution in [0.25, 0.3) is 11.1 Å². The van der Waals surface area contributed by atoms with Crippen LogP contribution in [0, 0.1) is 17.8 Å². The smallest absolute Gasteiger partial charge is 0.407 e. The zero-order chi connectivity index (χ0) is 24.9. The lowest BCUT2D eigenvalue weighted by Gasteiger charge is -2.32. The average Bonchev–Trinajstić information content (AvgIpc) is 3.15. The van der Waals surface area contributed by atoms with Gasteiger partial charge in [0.1, 0.15) is 12.6 Å². The second-order valence-electron chi connectivity index (χ2n) is 9.71. The maximum Gasteiger partial charge on any atom is 0.407 e. The lowest BCUT2D eigenvalue weighted by atomic mass is 9.76. The van der Waals surface area contributed by atoms with Gasteiger partial charge in [-0.1, -0.05) is 75.2 Å². The van der Waals surface area contributed by atoms with E-state index in [1.807, 2.05) is 38.1 Å². The Morgan fingerprint density at radius 3 is 2.14 bits per heavy atom. The first-order chi connectivity index (χ1) is 16.9. The van der Waals surface area contributed by atoms with Crippen molar-refractivity contribution in [2.75, 3.05) is 13.2 Å². The first kappa shape index (κ1) is 24.8. The van der Waals surface area contributed by atoms with E-state index in [-0.39, 0.29) is 36.8 Å². The molecule has 186 valence electrons. The largest absolute Gasteiger partial charge is 0.481 e. The third-order valence-corrected chi connectivity index (χ3v) is 7.64. The molecule has 0 aromatic heterocycles. The maximum atomic E-state index is 12.9. The lowest BCUT2D eigenvalue weighted by Crippen LogP contribution is -2.52. The van der Waals surface area contributed by atoms with E-state index < -0.39 is 24.0 Å². The van der Waals surface area contributed by atoms with Gasteiger partial charge in [-0.2, -0.15) is 0 Å². The van der Waals surface area contributed by atoms with Gasteiger partial charge in [0, 0.05) is 12.5 Å². The molecule has 0 radical (unpaired) electrons. The molecule has 0 saturated heterocycles. The van der Waals surface area contributed by atoms with Crippen molar-refractivity contribution in [3.05, 3.63) is 59.7 Å². The van der Waals surface area contributed by atoms with Crippen LogP contribution in [0.5, 0.6) is 0 Å². The van der Waals surface area contributed by atoms with Crippen molar-refractivity contribution in [2.45, 2.75) is 51.5 Å².